The average Bonchev–Trinajstić information content (AvgIpc) is 3.56. The third-order valence-corrected chi connectivity index (χ3v) is 6.10. The third-order valence-electron chi connectivity index (χ3n) is 5.10. The Balaban J connectivity index is 1.24. The van der Waals surface area contributed by atoms with Crippen molar-refractivity contribution in [2.45, 2.75) is 18.4 Å². The van der Waals surface area contributed by atoms with Gasteiger partial charge in [0.15, 0.2) is 0 Å². The van der Waals surface area contributed by atoms with E-state index in [2.05, 4.69) is 29.2 Å². The van der Waals surface area contributed by atoms with Crippen LogP contribution >= 0.6 is 11.3 Å². The number of nitrogens with zero attached hydrogens (tertiary/aromatic N) is 2. The second-order valence-corrected chi connectivity index (χ2v) is 8.17. The van der Waals surface area contributed by atoms with Gasteiger partial charge in [-0.25, -0.2) is 4.98 Å². The fourth-order valence-corrected chi connectivity index (χ4v) is 4.43. The molecule has 0 aliphatic carbocycles. The van der Waals surface area contributed by atoms with Crippen LogP contribution in [0.3, 0.4) is 0 Å². The number of imidazole rings is 1. The summed E-state index contributed by atoms with van der Waals surface area (Å²) in [5.74, 6) is 0.0154. The van der Waals surface area contributed by atoms with Gasteiger partial charge in [0.1, 0.15) is 18.5 Å². The molecule has 152 valence electrons. The average molecular weight is 419 g/mol. The second-order valence-electron chi connectivity index (χ2n) is 7.22. The van der Waals surface area contributed by atoms with Crippen molar-refractivity contribution >= 4 is 11.3 Å². The molecular formula is C24H22N2O3S. The maximum atomic E-state index is 6.40. The van der Waals surface area contributed by atoms with Crippen LogP contribution in [-0.4, -0.2) is 28.9 Å². The van der Waals surface area contributed by atoms with Gasteiger partial charge in [0.05, 0.1) is 24.4 Å². The minimum absolute atomic E-state index is 0.149. The molecule has 0 radical (unpaired) electrons. The topological polar surface area (TPSA) is 45.5 Å². The highest BCUT2D eigenvalue weighted by atomic mass is 32.1. The van der Waals surface area contributed by atoms with Crippen molar-refractivity contribution in [3.63, 3.8) is 0 Å². The lowest BCUT2D eigenvalue weighted by Crippen LogP contribution is -2.33. The van der Waals surface area contributed by atoms with Crippen LogP contribution in [0.4, 0.5) is 0 Å². The molecule has 0 saturated carbocycles. The summed E-state index contributed by atoms with van der Waals surface area (Å²) in [4.78, 5) is 5.18. The van der Waals surface area contributed by atoms with Crippen LogP contribution in [0.25, 0.3) is 11.1 Å². The number of rotatable bonds is 7. The van der Waals surface area contributed by atoms with Crippen LogP contribution in [-0.2, 0) is 21.8 Å². The molecule has 2 atom stereocenters. The van der Waals surface area contributed by atoms with Crippen LogP contribution < -0.4 is 4.74 Å². The van der Waals surface area contributed by atoms with E-state index < -0.39 is 5.79 Å². The Morgan fingerprint density at radius 1 is 1.03 bits per heavy atom. The molecule has 0 spiro atoms. The summed E-state index contributed by atoms with van der Waals surface area (Å²) >= 11 is 1.63. The Morgan fingerprint density at radius 3 is 2.60 bits per heavy atom. The maximum Gasteiger partial charge on any atom is 0.223 e. The predicted octanol–water partition coefficient (Wildman–Crippen LogP) is 4.96. The molecule has 0 N–H and O–H groups in total. The van der Waals surface area contributed by atoms with Crippen LogP contribution in [0.5, 0.6) is 5.75 Å². The smallest absolute Gasteiger partial charge is 0.223 e. The molecule has 5 rings (SSSR count). The third kappa shape index (κ3) is 4.03. The summed E-state index contributed by atoms with van der Waals surface area (Å²) in [6, 6.07) is 22.5. The molecule has 5 nitrogen and oxygen atoms in total. The molecule has 2 aromatic carbocycles. The largest absolute Gasteiger partial charge is 0.491 e. The lowest BCUT2D eigenvalue weighted by atomic mass is 10.1. The molecule has 0 amide bonds. The van der Waals surface area contributed by atoms with E-state index in [0.717, 1.165) is 10.6 Å². The van der Waals surface area contributed by atoms with Gasteiger partial charge >= 0.3 is 0 Å². The highest BCUT2D eigenvalue weighted by Gasteiger charge is 2.44. The molecule has 2 aromatic heterocycles. The Bertz CT molecular complexity index is 1050. The minimum Gasteiger partial charge on any atom is -0.491 e. The van der Waals surface area contributed by atoms with Crippen molar-refractivity contribution in [1.82, 2.24) is 9.55 Å². The summed E-state index contributed by atoms with van der Waals surface area (Å²) in [5, 5.41) is 2.04. The van der Waals surface area contributed by atoms with E-state index in [0.29, 0.717) is 19.8 Å². The van der Waals surface area contributed by atoms with Gasteiger partial charge in [0.25, 0.3) is 0 Å². The first kappa shape index (κ1) is 19.1. The number of aromatic nitrogens is 2. The summed E-state index contributed by atoms with van der Waals surface area (Å²) in [6.45, 7) is 1.46. The van der Waals surface area contributed by atoms with E-state index in [1.54, 1.807) is 23.9 Å². The second kappa shape index (κ2) is 8.44. The standard InChI is InChI=1S/C24H22N2O3S/c1-2-5-19(6-3-1)20-8-10-21(11-9-20)27-15-22-16-28-24(29-22,23-7-4-14-30-23)17-26-13-12-25-18-26/h1-14,18,22H,15-17H2. The summed E-state index contributed by atoms with van der Waals surface area (Å²) in [5.41, 5.74) is 2.36. The number of ether oxygens (including phenoxy) is 3. The highest BCUT2D eigenvalue weighted by molar-refractivity contribution is 7.10. The Labute approximate surface area is 179 Å². The van der Waals surface area contributed by atoms with Gasteiger partial charge in [-0.05, 0) is 34.7 Å². The Hall–Kier alpha value is -2.93. The summed E-state index contributed by atoms with van der Waals surface area (Å²) in [7, 11) is 0. The van der Waals surface area contributed by atoms with Crippen LogP contribution in [0.1, 0.15) is 4.88 Å². The summed E-state index contributed by atoms with van der Waals surface area (Å²) in [6.07, 6.45) is 5.31. The SMILES string of the molecule is c1ccc(-c2ccc(OCC3COC(Cn4ccnc4)(c4cccs4)O3)cc2)cc1. The molecule has 30 heavy (non-hydrogen) atoms. The lowest BCUT2D eigenvalue weighted by molar-refractivity contribution is -0.186. The highest BCUT2D eigenvalue weighted by Crippen LogP contribution is 2.38. The van der Waals surface area contributed by atoms with Crippen molar-refractivity contribution in [2.75, 3.05) is 13.2 Å². The first-order valence-electron chi connectivity index (χ1n) is 9.91. The van der Waals surface area contributed by atoms with Gasteiger partial charge in [-0.2, -0.15) is 0 Å². The number of benzene rings is 2. The van der Waals surface area contributed by atoms with E-state index in [9.17, 15) is 0 Å². The zero-order chi connectivity index (χ0) is 20.2. The van der Waals surface area contributed by atoms with Crippen molar-refractivity contribution in [3.05, 3.63) is 95.7 Å². The first-order valence-corrected chi connectivity index (χ1v) is 10.8. The normalized spacial score (nSPS) is 21.0. The molecule has 0 bridgehead atoms. The first-order chi connectivity index (χ1) is 14.8. The summed E-state index contributed by atoms with van der Waals surface area (Å²) < 4.78 is 20.6. The Morgan fingerprint density at radius 2 is 1.87 bits per heavy atom. The van der Waals surface area contributed by atoms with Crippen LogP contribution in [0.15, 0.2) is 90.8 Å². The fourth-order valence-electron chi connectivity index (χ4n) is 3.62. The van der Waals surface area contributed by atoms with Crippen molar-refractivity contribution in [3.8, 4) is 16.9 Å². The van der Waals surface area contributed by atoms with Crippen molar-refractivity contribution < 1.29 is 14.2 Å². The zero-order valence-corrected chi connectivity index (χ0v) is 17.2. The van der Waals surface area contributed by atoms with Gasteiger partial charge in [0, 0.05) is 12.4 Å². The quantitative estimate of drug-likeness (QED) is 0.426. The molecule has 1 aliphatic rings. The molecule has 1 fully saturated rings. The fraction of sp³-hybridized carbons (Fsp3) is 0.208. The molecule has 1 aliphatic heterocycles. The van der Waals surface area contributed by atoms with Gasteiger partial charge < -0.3 is 18.8 Å². The lowest BCUT2D eigenvalue weighted by Gasteiger charge is -2.27. The number of thiophene rings is 1. The van der Waals surface area contributed by atoms with E-state index in [4.69, 9.17) is 14.2 Å². The van der Waals surface area contributed by atoms with Gasteiger partial charge in [-0.3, -0.25) is 0 Å². The van der Waals surface area contributed by atoms with E-state index in [1.165, 1.54) is 11.1 Å². The minimum atomic E-state index is -0.805. The van der Waals surface area contributed by atoms with Crippen molar-refractivity contribution in [1.29, 1.82) is 0 Å². The monoisotopic (exact) mass is 418 g/mol. The van der Waals surface area contributed by atoms with Gasteiger partial charge in [-0.15, -0.1) is 11.3 Å². The van der Waals surface area contributed by atoms with Crippen LogP contribution in [0.2, 0.25) is 0 Å². The molecule has 3 heterocycles. The molecule has 6 heteroatoms. The molecule has 1 saturated heterocycles. The number of hydrogen-bond donors (Lipinski definition) is 0. The maximum absolute atomic E-state index is 6.40. The zero-order valence-electron chi connectivity index (χ0n) is 16.4. The number of hydrogen-bond acceptors (Lipinski definition) is 5. The van der Waals surface area contributed by atoms with E-state index in [-0.39, 0.29) is 6.10 Å². The predicted molar refractivity (Wildman–Crippen MR) is 116 cm³/mol. The van der Waals surface area contributed by atoms with E-state index in [1.807, 2.05) is 58.6 Å². The van der Waals surface area contributed by atoms with Gasteiger partial charge in [0.2, 0.25) is 5.79 Å². The molecule has 2 unspecified atom stereocenters. The molecular weight excluding hydrogens is 396 g/mol. The van der Waals surface area contributed by atoms with Gasteiger partial charge in [-0.1, -0.05) is 48.5 Å². The molecule has 4 aromatic rings. The Kier molecular flexibility index (Phi) is 5.36. The van der Waals surface area contributed by atoms with Crippen molar-refractivity contribution in [2.24, 2.45) is 0 Å². The van der Waals surface area contributed by atoms with Crippen LogP contribution in [0, 0.1) is 0 Å². The van der Waals surface area contributed by atoms with E-state index >= 15 is 0 Å².